The van der Waals surface area contributed by atoms with Crippen molar-refractivity contribution >= 4 is 0 Å². The zero-order chi connectivity index (χ0) is 28.9. The lowest BCUT2D eigenvalue weighted by Gasteiger charge is -2.20. The molecule has 0 fully saturated rings. The molecule has 0 saturated carbocycles. The summed E-state index contributed by atoms with van der Waals surface area (Å²) in [5.41, 5.74) is 16.5. The van der Waals surface area contributed by atoms with Crippen molar-refractivity contribution in [2.45, 2.75) is 55.4 Å². The lowest BCUT2D eigenvalue weighted by Crippen LogP contribution is -1.95. The molecule has 0 atom stereocenters. The van der Waals surface area contributed by atoms with Crippen LogP contribution in [0.3, 0.4) is 0 Å². The average Bonchev–Trinajstić information content (AvgIpc) is 2.82. The minimum absolute atomic E-state index is 0.467. The van der Waals surface area contributed by atoms with Crippen molar-refractivity contribution in [3.05, 3.63) is 129 Å². The fourth-order valence-electron chi connectivity index (χ4n) is 5.84. The fraction of sp³-hybridized carbons (Fsp3) is 0.211. The van der Waals surface area contributed by atoms with Crippen LogP contribution in [0.1, 0.15) is 47.2 Å². The summed E-state index contributed by atoms with van der Waals surface area (Å²) in [6.45, 7) is 16.8. The van der Waals surface area contributed by atoms with Crippen molar-refractivity contribution in [1.29, 1.82) is 0 Å². The molecule has 0 nitrogen and oxygen atoms in total. The van der Waals surface area contributed by atoms with E-state index in [2.05, 4.69) is 128 Å². The number of hydrogen-bond donors (Lipinski definition) is 0. The van der Waals surface area contributed by atoms with Crippen LogP contribution in [-0.2, 0) is 0 Å². The van der Waals surface area contributed by atoms with Gasteiger partial charge in [0, 0.05) is 0 Å². The molecule has 0 heteroatoms. The van der Waals surface area contributed by atoms with E-state index in [9.17, 15) is 2.74 Å². The first kappa shape index (κ1) is 23.2. The van der Waals surface area contributed by atoms with Gasteiger partial charge in [-0.3, -0.25) is 0 Å². The second-order valence-corrected chi connectivity index (χ2v) is 11.3. The minimum atomic E-state index is 0.467. The van der Waals surface area contributed by atoms with Crippen LogP contribution in [0.4, 0.5) is 0 Å². The first-order valence-electron chi connectivity index (χ1n) is 14.4. The molecule has 5 rings (SSSR count). The minimum Gasteiger partial charge on any atom is -0.0563 e. The Labute approximate surface area is 231 Å². The molecule has 0 bridgehead atoms. The Morgan fingerprint density at radius 1 is 0.289 bits per heavy atom. The van der Waals surface area contributed by atoms with Gasteiger partial charge in [0.2, 0.25) is 0 Å². The van der Waals surface area contributed by atoms with Crippen LogP contribution in [0.25, 0.3) is 44.5 Å². The van der Waals surface area contributed by atoms with E-state index in [1.807, 2.05) is 0 Å². The van der Waals surface area contributed by atoms with Gasteiger partial charge in [-0.1, -0.05) is 117 Å². The van der Waals surface area contributed by atoms with E-state index in [1.165, 1.54) is 0 Å². The third kappa shape index (κ3) is 5.36. The quantitative estimate of drug-likeness (QED) is 0.232. The van der Waals surface area contributed by atoms with Crippen molar-refractivity contribution in [2.75, 3.05) is 0 Å². The van der Waals surface area contributed by atoms with Crippen molar-refractivity contribution in [1.82, 2.24) is 0 Å². The van der Waals surface area contributed by atoms with Gasteiger partial charge in [0.1, 0.15) is 0 Å². The first-order chi connectivity index (χ1) is 18.9. The smallest absolute Gasteiger partial charge is 0.0563 e. The SMILES string of the molecule is [2H]c1c(-c2cc(C)cc(C)c2)c(-c2cc(C)cc(C)c2)c([2H])c(-c2cc(C)cc(C)c2)c1-c1cc(C)cc(C)c1. The molecule has 0 aliphatic carbocycles. The summed E-state index contributed by atoms with van der Waals surface area (Å²) in [5, 5.41) is 0. The Bertz CT molecular complexity index is 1450. The second kappa shape index (κ2) is 10.1. The summed E-state index contributed by atoms with van der Waals surface area (Å²) in [6, 6.07) is 26.9. The molecule has 0 spiro atoms. The van der Waals surface area contributed by atoms with Gasteiger partial charge >= 0.3 is 0 Å². The van der Waals surface area contributed by atoms with Crippen LogP contribution >= 0.6 is 0 Å². The third-order valence-electron chi connectivity index (χ3n) is 7.04. The zero-order valence-electron chi connectivity index (χ0n) is 25.9. The second-order valence-electron chi connectivity index (χ2n) is 11.3. The molecule has 190 valence electrons. The van der Waals surface area contributed by atoms with Gasteiger partial charge < -0.3 is 0 Å². The third-order valence-corrected chi connectivity index (χ3v) is 7.04. The molecule has 0 heterocycles. The van der Waals surface area contributed by atoms with Crippen LogP contribution in [0.2, 0.25) is 0 Å². The summed E-state index contributed by atoms with van der Waals surface area (Å²) in [4.78, 5) is 0. The van der Waals surface area contributed by atoms with Crippen molar-refractivity contribution < 1.29 is 2.74 Å². The average molecular weight is 497 g/mol. The van der Waals surface area contributed by atoms with Crippen LogP contribution in [0.15, 0.2) is 84.9 Å². The number of hydrogen-bond acceptors (Lipinski definition) is 0. The first-order valence-corrected chi connectivity index (χ1v) is 13.4. The molecule has 0 radical (unpaired) electrons. The number of benzene rings is 5. The maximum Gasteiger partial charge on any atom is 0.0636 e. The van der Waals surface area contributed by atoms with Gasteiger partial charge in [-0.2, -0.15) is 0 Å². The topological polar surface area (TPSA) is 0 Å². The molecule has 38 heavy (non-hydrogen) atoms. The number of rotatable bonds is 4. The van der Waals surface area contributed by atoms with Crippen molar-refractivity contribution in [2.24, 2.45) is 0 Å². The Kier molecular flexibility index (Phi) is 6.18. The Hall–Kier alpha value is -3.90. The standard InChI is InChI=1S/C38H38/c1-23-9-24(2)14-31(13-23)35-21-37(33-17-27(5)11-28(6)18-33)38(34-19-29(7)12-30(8)20-34)22-36(35)32-15-25(3)10-26(4)16-32/h9-22H,1-8H3/i21D,22D. The van der Waals surface area contributed by atoms with E-state index < -0.39 is 0 Å². The lowest BCUT2D eigenvalue weighted by molar-refractivity contribution is 1.36. The predicted octanol–water partition coefficient (Wildman–Crippen LogP) is 10.8. The molecular weight excluding hydrogens is 456 g/mol. The predicted molar refractivity (Wildman–Crippen MR) is 166 cm³/mol. The maximum atomic E-state index is 9.91. The molecule has 0 aromatic heterocycles. The maximum absolute atomic E-state index is 9.91. The van der Waals surface area contributed by atoms with Gasteiger partial charge in [0.15, 0.2) is 0 Å². The van der Waals surface area contributed by atoms with Gasteiger partial charge in [0.05, 0.1) is 2.74 Å². The monoisotopic (exact) mass is 496 g/mol. The molecule has 0 aliphatic rings. The van der Waals surface area contributed by atoms with E-state index >= 15 is 0 Å². The normalized spacial score (nSPS) is 11.9. The van der Waals surface area contributed by atoms with Gasteiger partial charge in [-0.05, 0) is 112 Å². The van der Waals surface area contributed by atoms with E-state index in [0.29, 0.717) is 12.1 Å². The molecule has 5 aromatic carbocycles. The highest BCUT2D eigenvalue weighted by Crippen LogP contribution is 2.43. The van der Waals surface area contributed by atoms with Crippen molar-refractivity contribution in [3.63, 3.8) is 0 Å². The van der Waals surface area contributed by atoms with E-state index in [0.717, 1.165) is 89.0 Å². The van der Waals surface area contributed by atoms with E-state index in [1.54, 1.807) is 0 Å². The Balaban J connectivity index is 2.04. The zero-order valence-corrected chi connectivity index (χ0v) is 23.9. The van der Waals surface area contributed by atoms with Crippen LogP contribution in [-0.4, -0.2) is 0 Å². The van der Waals surface area contributed by atoms with Gasteiger partial charge in [0.25, 0.3) is 0 Å². The van der Waals surface area contributed by atoms with Crippen LogP contribution in [0, 0.1) is 55.4 Å². The van der Waals surface area contributed by atoms with E-state index in [4.69, 9.17) is 0 Å². The van der Waals surface area contributed by atoms with Gasteiger partial charge in [-0.25, -0.2) is 0 Å². The van der Waals surface area contributed by atoms with E-state index in [-0.39, 0.29) is 0 Å². The highest BCUT2D eigenvalue weighted by molar-refractivity contribution is 5.95. The molecule has 0 amide bonds. The van der Waals surface area contributed by atoms with Gasteiger partial charge in [-0.15, -0.1) is 0 Å². The summed E-state index contributed by atoms with van der Waals surface area (Å²) in [5.74, 6) is 0. The largest absolute Gasteiger partial charge is 0.0636 e. The lowest BCUT2D eigenvalue weighted by atomic mass is 9.83. The molecular formula is C38H38. The Morgan fingerprint density at radius 2 is 0.447 bits per heavy atom. The van der Waals surface area contributed by atoms with Crippen LogP contribution in [0.5, 0.6) is 0 Å². The molecule has 5 aromatic rings. The summed E-state index contributed by atoms with van der Waals surface area (Å²) < 4.78 is 19.8. The molecule has 0 saturated heterocycles. The fourth-order valence-corrected chi connectivity index (χ4v) is 5.84. The summed E-state index contributed by atoms with van der Waals surface area (Å²) in [7, 11) is 0. The molecule has 0 unspecified atom stereocenters. The van der Waals surface area contributed by atoms with Crippen molar-refractivity contribution in [3.8, 4) is 44.5 Å². The molecule has 0 aliphatic heterocycles. The molecule has 0 N–H and O–H groups in total. The highest BCUT2D eigenvalue weighted by Gasteiger charge is 2.18. The summed E-state index contributed by atoms with van der Waals surface area (Å²) >= 11 is 0. The van der Waals surface area contributed by atoms with Crippen LogP contribution < -0.4 is 0 Å². The number of aryl methyl sites for hydroxylation is 8. The summed E-state index contributed by atoms with van der Waals surface area (Å²) in [6.07, 6.45) is 0. The highest BCUT2D eigenvalue weighted by atomic mass is 14.2. The Morgan fingerprint density at radius 3 is 0.605 bits per heavy atom.